The van der Waals surface area contributed by atoms with Crippen molar-refractivity contribution in [2.45, 2.75) is 18.1 Å². The first-order valence-electron chi connectivity index (χ1n) is 10.9. The van der Waals surface area contributed by atoms with Crippen LogP contribution in [-0.2, 0) is 16.0 Å². The first kappa shape index (κ1) is 25.2. The topological polar surface area (TPSA) is 71.0 Å². The molecule has 1 atom stereocenters. The minimum absolute atomic E-state index is 0.0243. The highest BCUT2D eigenvalue weighted by Crippen LogP contribution is 2.32. The fourth-order valence-corrected chi connectivity index (χ4v) is 5.26. The van der Waals surface area contributed by atoms with Gasteiger partial charge in [-0.05, 0) is 89.2 Å². The molecule has 0 spiro atoms. The maximum Gasteiger partial charge on any atom is 0.242 e. The monoisotopic (exact) mass is 603 g/mol. The van der Waals surface area contributed by atoms with Crippen LogP contribution in [0.3, 0.4) is 0 Å². The number of hydrogen-bond acceptors (Lipinski definition) is 5. The Balaban J connectivity index is 1.49. The molecule has 0 aromatic heterocycles. The Morgan fingerprint density at radius 3 is 2.57 bits per heavy atom. The van der Waals surface area contributed by atoms with Gasteiger partial charge in [-0.15, -0.1) is 0 Å². The van der Waals surface area contributed by atoms with Gasteiger partial charge in [-0.1, -0.05) is 30.0 Å². The van der Waals surface area contributed by atoms with Gasteiger partial charge in [0.25, 0.3) is 0 Å². The van der Waals surface area contributed by atoms with Crippen molar-refractivity contribution in [3.8, 4) is 5.75 Å². The molecule has 9 heteroatoms. The molecule has 1 heterocycles. The lowest BCUT2D eigenvalue weighted by Gasteiger charge is -2.16. The zero-order chi connectivity index (χ0) is 24.8. The fraction of sp³-hybridized carbons (Fsp3) is 0.192. The average Bonchev–Trinajstić information content (AvgIpc) is 3.13. The van der Waals surface area contributed by atoms with Crippen molar-refractivity contribution >= 4 is 62.7 Å². The van der Waals surface area contributed by atoms with Crippen LogP contribution in [0.4, 0.5) is 15.8 Å². The lowest BCUT2D eigenvalue weighted by molar-refractivity contribution is -0.128. The zero-order valence-electron chi connectivity index (χ0n) is 18.9. The molecule has 1 fully saturated rings. The molecule has 6 nitrogen and oxygen atoms in total. The Morgan fingerprint density at radius 1 is 1.14 bits per heavy atom. The van der Waals surface area contributed by atoms with Crippen molar-refractivity contribution in [1.29, 1.82) is 0 Å². The molecule has 3 aromatic rings. The van der Waals surface area contributed by atoms with E-state index < -0.39 is 5.25 Å². The molecule has 4 rings (SSSR count). The number of hydrogen-bond donors (Lipinski definition) is 1. The molecule has 35 heavy (non-hydrogen) atoms. The van der Waals surface area contributed by atoms with Gasteiger partial charge in [0.15, 0.2) is 5.17 Å². The van der Waals surface area contributed by atoms with E-state index in [1.165, 1.54) is 23.9 Å². The van der Waals surface area contributed by atoms with Crippen LogP contribution in [-0.4, -0.2) is 40.8 Å². The predicted octanol–water partition coefficient (Wildman–Crippen LogP) is 5.64. The summed E-state index contributed by atoms with van der Waals surface area (Å²) >= 11 is 3.44. The van der Waals surface area contributed by atoms with E-state index >= 15 is 0 Å². The molecule has 1 N–H and O–H groups in total. The Morgan fingerprint density at radius 2 is 1.89 bits per heavy atom. The highest BCUT2D eigenvalue weighted by atomic mass is 127. The second-order valence-electron chi connectivity index (χ2n) is 7.83. The van der Waals surface area contributed by atoms with E-state index in [0.717, 1.165) is 14.9 Å². The number of aliphatic imine (C=N–C) groups is 1. The number of halogens is 2. The largest absolute Gasteiger partial charge is 0.497 e. The summed E-state index contributed by atoms with van der Waals surface area (Å²) in [6, 6.07) is 20.9. The number of anilines is 1. The molecule has 3 aromatic carbocycles. The highest BCUT2D eigenvalue weighted by Gasteiger charge is 2.39. The number of methoxy groups -OCH3 is 1. The molecular formula is C26H23FIN3O3S. The van der Waals surface area contributed by atoms with Crippen molar-refractivity contribution in [3.63, 3.8) is 0 Å². The number of thioether (sulfide) groups is 1. The first-order chi connectivity index (χ1) is 16.9. The van der Waals surface area contributed by atoms with Gasteiger partial charge in [0.05, 0.1) is 12.8 Å². The van der Waals surface area contributed by atoms with Crippen LogP contribution >= 0.6 is 34.4 Å². The molecule has 0 radical (unpaired) electrons. The number of nitrogens with one attached hydrogen (secondary N) is 1. The van der Waals surface area contributed by atoms with E-state index in [4.69, 9.17) is 4.74 Å². The fourth-order valence-electron chi connectivity index (χ4n) is 3.54. The second kappa shape index (κ2) is 11.7. The third-order valence-electron chi connectivity index (χ3n) is 5.33. The number of carbonyl (C=O) groups excluding carboxylic acids is 2. The van der Waals surface area contributed by atoms with Crippen molar-refractivity contribution in [1.82, 2.24) is 4.90 Å². The molecule has 0 unspecified atom stereocenters. The van der Waals surface area contributed by atoms with Crippen LogP contribution in [0.2, 0.25) is 0 Å². The number of benzene rings is 3. The first-order valence-corrected chi connectivity index (χ1v) is 12.9. The summed E-state index contributed by atoms with van der Waals surface area (Å²) in [7, 11) is 1.61. The van der Waals surface area contributed by atoms with E-state index in [0.29, 0.717) is 29.5 Å². The van der Waals surface area contributed by atoms with Gasteiger partial charge in [0.2, 0.25) is 11.8 Å². The summed E-state index contributed by atoms with van der Waals surface area (Å²) in [4.78, 5) is 32.2. The van der Waals surface area contributed by atoms with Gasteiger partial charge in [0.1, 0.15) is 16.8 Å². The molecular weight excluding hydrogens is 580 g/mol. The van der Waals surface area contributed by atoms with E-state index in [2.05, 4.69) is 32.9 Å². The molecule has 180 valence electrons. The lowest BCUT2D eigenvalue weighted by atomic mass is 10.1. The maximum atomic E-state index is 13.3. The van der Waals surface area contributed by atoms with Crippen molar-refractivity contribution in [3.05, 3.63) is 87.7 Å². The number of amidine groups is 1. The van der Waals surface area contributed by atoms with Crippen molar-refractivity contribution in [2.24, 2.45) is 4.99 Å². The molecule has 2 amide bonds. The van der Waals surface area contributed by atoms with Crippen molar-refractivity contribution in [2.75, 3.05) is 19.0 Å². The summed E-state index contributed by atoms with van der Waals surface area (Å²) in [6.45, 7) is 0.410. The van der Waals surface area contributed by atoms with E-state index in [1.807, 2.05) is 48.5 Å². The molecule has 0 aliphatic carbocycles. The molecule has 1 saturated heterocycles. The van der Waals surface area contributed by atoms with E-state index in [9.17, 15) is 14.0 Å². The Labute approximate surface area is 221 Å². The third-order valence-corrected chi connectivity index (χ3v) is 7.18. The van der Waals surface area contributed by atoms with Gasteiger partial charge >= 0.3 is 0 Å². The Bertz CT molecular complexity index is 1240. The van der Waals surface area contributed by atoms with Gasteiger partial charge in [-0.3, -0.25) is 14.5 Å². The Kier molecular flexibility index (Phi) is 8.40. The normalized spacial score (nSPS) is 16.5. The summed E-state index contributed by atoms with van der Waals surface area (Å²) in [5.41, 5.74) is 2.28. The number of ether oxygens (including phenoxy) is 1. The summed E-state index contributed by atoms with van der Waals surface area (Å²) in [6.07, 6.45) is 0.635. The summed E-state index contributed by atoms with van der Waals surface area (Å²) < 4.78 is 19.5. The van der Waals surface area contributed by atoms with Crippen LogP contribution in [0, 0.1) is 9.39 Å². The minimum atomic E-state index is -0.590. The van der Waals surface area contributed by atoms with E-state index in [1.54, 1.807) is 24.1 Å². The second-order valence-corrected chi connectivity index (χ2v) is 10.2. The third kappa shape index (κ3) is 6.82. The molecule has 1 aliphatic rings. The molecule has 0 saturated carbocycles. The molecule has 1 aliphatic heterocycles. The minimum Gasteiger partial charge on any atom is -0.497 e. The van der Waals surface area contributed by atoms with Crippen molar-refractivity contribution < 1.29 is 18.7 Å². The number of amides is 2. The number of carbonyl (C=O) groups is 2. The van der Waals surface area contributed by atoms with Crippen LogP contribution < -0.4 is 10.1 Å². The maximum absolute atomic E-state index is 13.3. The number of rotatable bonds is 8. The van der Waals surface area contributed by atoms with Crippen LogP contribution in [0.15, 0.2) is 77.8 Å². The van der Waals surface area contributed by atoms with E-state index in [-0.39, 0.29) is 24.1 Å². The van der Waals surface area contributed by atoms with Crippen LogP contribution in [0.1, 0.15) is 12.0 Å². The zero-order valence-corrected chi connectivity index (χ0v) is 21.9. The average molecular weight is 603 g/mol. The summed E-state index contributed by atoms with van der Waals surface area (Å²) in [5, 5.41) is 2.78. The highest BCUT2D eigenvalue weighted by molar-refractivity contribution is 14.1. The standard InChI is InChI=1S/C26H23FIN3O3S/c1-34-22-11-5-17(6-12-22)13-14-31-25(33)23(16-24(32)29-21-4-2-3-19(28)15-21)35-26(31)30-20-9-7-18(27)8-10-20/h2-12,15,23H,13-14,16H2,1H3,(H,29,32)/t23-/m1/s1. The smallest absolute Gasteiger partial charge is 0.242 e. The van der Waals surface area contributed by atoms with Crippen LogP contribution in [0.25, 0.3) is 0 Å². The van der Waals surface area contributed by atoms with Gasteiger partial charge < -0.3 is 10.1 Å². The van der Waals surface area contributed by atoms with Gasteiger partial charge in [-0.2, -0.15) is 0 Å². The predicted molar refractivity (Wildman–Crippen MR) is 146 cm³/mol. The SMILES string of the molecule is COc1ccc(CCN2C(=O)[C@@H](CC(=O)Nc3cccc(I)c3)SC2=Nc2ccc(F)cc2)cc1. The lowest BCUT2D eigenvalue weighted by Crippen LogP contribution is -2.35. The van der Waals surface area contributed by atoms with Gasteiger partial charge in [0, 0.05) is 22.2 Å². The van der Waals surface area contributed by atoms with Gasteiger partial charge in [-0.25, -0.2) is 9.38 Å². The van der Waals surface area contributed by atoms with Crippen LogP contribution in [0.5, 0.6) is 5.75 Å². The number of nitrogens with zero attached hydrogens (tertiary/aromatic N) is 2. The Hall–Kier alpha value is -2.92. The quantitative estimate of drug-likeness (QED) is 0.339. The summed E-state index contributed by atoms with van der Waals surface area (Å²) in [5.74, 6) is 0.00281. The molecule has 0 bridgehead atoms.